The Hall–Kier alpha value is -1.93. The van der Waals surface area contributed by atoms with Crippen LogP contribution in [0.2, 0.25) is 0 Å². The lowest BCUT2D eigenvalue weighted by atomic mass is 9.67. The topological polar surface area (TPSA) is 90.7 Å². The summed E-state index contributed by atoms with van der Waals surface area (Å²) in [6, 6.07) is 1.70. The van der Waals surface area contributed by atoms with Crippen LogP contribution in [0.25, 0.3) is 0 Å². The smallest absolute Gasteiger partial charge is 0.239 e. The maximum Gasteiger partial charge on any atom is 0.239 e. The van der Waals surface area contributed by atoms with Crippen LogP contribution in [0, 0.1) is 18.3 Å². The number of piperazine rings is 1. The van der Waals surface area contributed by atoms with Crippen LogP contribution in [-0.2, 0) is 9.59 Å². The Morgan fingerprint density at radius 2 is 2.15 bits per heavy atom. The van der Waals surface area contributed by atoms with E-state index in [-0.39, 0.29) is 11.3 Å². The maximum absolute atomic E-state index is 13.3. The molecular weight excluding hydrogens is 346 g/mol. The van der Waals surface area contributed by atoms with Crippen molar-refractivity contribution in [2.75, 3.05) is 51.1 Å². The van der Waals surface area contributed by atoms with E-state index in [9.17, 15) is 9.59 Å². The van der Waals surface area contributed by atoms with Crippen molar-refractivity contribution in [1.82, 2.24) is 20.3 Å². The van der Waals surface area contributed by atoms with E-state index in [1.54, 1.807) is 13.0 Å². The molecule has 0 aromatic carbocycles. The minimum absolute atomic E-state index is 0.103. The molecule has 27 heavy (non-hydrogen) atoms. The van der Waals surface area contributed by atoms with Gasteiger partial charge in [0.25, 0.3) is 0 Å². The summed E-state index contributed by atoms with van der Waals surface area (Å²) in [6.07, 6.45) is 4.59. The number of anilines is 1. The third-order valence-corrected chi connectivity index (χ3v) is 6.39. The van der Waals surface area contributed by atoms with Crippen molar-refractivity contribution in [1.29, 1.82) is 0 Å². The Balaban J connectivity index is 1.28. The zero-order valence-electron chi connectivity index (χ0n) is 16.0. The van der Waals surface area contributed by atoms with Crippen LogP contribution in [0.1, 0.15) is 31.4 Å². The predicted molar refractivity (Wildman–Crippen MR) is 100 cm³/mol. The SMILES string of the molecule is Cc1cc(NC(=O)CN2CCN(C(=O)[C@@]34CCCC[C@H]3CNC4)CC2)no1. The van der Waals surface area contributed by atoms with Gasteiger partial charge in [-0.25, -0.2) is 0 Å². The number of aromatic nitrogens is 1. The first-order valence-electron chi connectivity index (χ1n) is 10.0. The molecule has 0 spiro atoms. The summed E-state index contributed by atoms with van der Waals surface area (Å²) in [5.74, 6) is 1.84. The van der Waals surface area contributed by atoms with Crippen molar-refractivity contribution >= 4 is 17.6 Å². The molecule has 0 bridgehead atoms. The number of hydrogen-bond donors (Lipinski definition) is 2. The molecule has 1 aromatic rings. The molecule has 0 unspecified atom stereocenters. The van der Waals surface area contributed by atoms with Crippen LogP contribution >= 0.6 is 0 Å². The van der Waals surface area contributed by atoms with Crippen molar-refractivity contribution in [2.24, 2.45) is 11.3 Å². The summed E-state index contributed by atoms with van der Waals surface area (Å²) in [5.41, 5.74) is -0.178. The van der Waals surface area contributed by atoms with Crippen molar-refractivity contribution in [3.05, 3.63) is 11.8 Å². The third-order valence-electron chi connectivity index (χ3n) is 6.39. The van der Waals surface area contributed by atoms with Gasteiger partial charge in [0.05, 0.1) is 12.0 Å². The van der Waals surface area contributed by atoms with Gasteiger partial charge < -0.3 is 20.1 Å². The van der Waals surface area contributed by atoms with Crippen LogP contribution < -0.4 is 10.6 Å². The van der Waals surface area contributed by atoms with E-state index < -0.39 is 0 Å². The van der Waals surface area contributed by atoms with Gasteiger partial charge in [0.1, 0.15) is 5.76 Å². The number of hydrogen-bond acceptors (Lipinski definition) is 6. The molecule has 2 aliphatic heterocycles. The summed E-state index contributed by atoms with van der Waals surface area (Å²) in [4.78, 5) is 29.6. The zero-order valence-corrected chi connectivity index (χ0v) is 16.0. The van der Waals surface area contributed by atoms with E-state index >= 15 is 0 Å². The van der Waals surface area contributed by atoms with Gasteiger partial charge in [0.2, 0.25) is 11.8 Å². The zero-order chi connectivity index (χ0) is 18.9. The van der Waals surface area contributed by atoms with Gasteiger partial charge in [0.15, 0.2) is 5.82 Å². The minimum Gasteiger partial charge on any atom is -0.360 e. The number of carbonyl (C=O) groups is 2. The van der Waals surface area contributed by atoms with Gasteiger partial charge in [-0.15, -0.1) is 0 Å². The fraction of sp³-hybridized carbons (Fsp3) is 0.737. The summed E-state index contributed by atoms with van der Waals surface area (Å²) >= 11 is 0. The van der Waals surface area contributed by atoms with E-state index in [1.807, 2.05) is 4.90 Å². The first kappa shape index (κ1) is 18.4. The molecule has 8 nitrogen and oxygen atoms in total. The Morgan fingerprint density at radius 1 is 1.33 bits per heavy atom. The van der Waals surface area contributed by atoms with Gasteiger partial charge in [-0.3, -0.25) is 14.5 Å². The lowest BCUT2D eigenvalue weighted by Crippen LogP contribution is -2.56. The Bertz CT molecular complexity index is 697. The summed E-state index contributed by atoms with van der Waals surface area (Å²) in [6.45, 7) is 6.76. The Morgan fingerprint density at radius 3 is 2.89 bits per heavy atom. The van der Waals surface area contributed by atoms with Crippen molar-refractivity contribution in [2.45, 2.75) is 32.6 Å². The highest BCUT2D eigenvalue weighted by molar-refractivity contribution is 5.91. The van der Waals surface area contributed by atoms with E-state index in [1.165, 1.54) is 12.8 Å². The van der Waals surface area contributed by atoms with Crippen molar-refractivity contribution < 1.29 is 14.1 Å². The second kappa shape index (κ2) is 7.59. The normalized spacial score (nSPS) is 28.8. The lowest BCUT2D eigenvalue weighted by molar-refractivity contribution is -0.147. The van der Waals surface area contributed by atoms with Gasteiger partial charge in [-0.1, -0.05) is 18.0 Å². The standard InChI is InChI=1S/C19H29N5O3/c1-14-10-16(22-27-14)21-17(25)12-23-6-8-24(9-7-23)18(26)19-5-3-2-4-15(19)11-20-13-19/h10,15,20H,2-9,11-13H2,1H3,(H,21,22,25)/t15-,19+/m0/s1. The molecule has 2 amide bonds. The molecule has 2 saturated heterocycles. The van der Waals surface area contributed by atoms with Gasteiger partial charge >= 0.3 is 0 Å². The molecule has 3 heterocycles. The van der Waals surface area contributed by atoms with Gasteiger partial charge in [-0.2, -0.15) is 0 Å². The quantitative estimate of drug-likeness (QED) is 0.811. The molecule has 0 radical (unpaired) electrons. The number of nitrogens with one attached hydrogen (secondary N) is 2. The summed E-state index contributed by atoms with van der Waals surface area (Å²) in [7, 11) is 0. The predicted octanol–water partition coefficient (Wildman–Crippen LogP) is 0.846. The number of amides is 2. The first-order valence-corrected chi connectivity index (χ1v) is 10.0. The lowest BCUT2D eigenvalue weighted by Gasteiger charge is -2.43. The largest absolute Gasteiger partial charge is 0.360 e. The van der Waals surface area contributed by atoms with Crippen LogP contribution in [0.5, 0.6) is 0 Å². The highest BCUT2D eigenvalue weighted by Crippen LogP contribution is 2.45. The average molecular weight is 375 g/mol. The minimum atomic E-state index is -0.178. The average Bonchev–Trinajstić information content (AvgIpc) is 3.28. The maximum atomic E-state index is 13.3. The van der Waals surface area contributed by atoms with E-state index in [0.717, 1.165) is 39.0 Å². The second-order valence-corrected chi connectivity index (χ2v) is 8.17. The monoisotopic (exact) mass is 375 g/mol. The number of rotatable bonds is 4. The first-order chi connectivity index (χ1) is 13.1. The third kappa shape index (κ3) is 3.73. The molecule has 3 aliphatic rings. The van der Waals surface area contributed by atoms with Gasteiger partial charge in [0, 0.05) is 38.8 Å². The molecule has 1 aromatic heterocycles. The second-order valence-electron chi connectivity index (χ2n) is 8.17. The van der Waals surface area contributed by atoms with Crippen LogP contribution in [0.3, 0.4) is 0 Å². The molecule has 2 N–H and O–H groups in total. The van der Waals surface area contributed by atoms with Crippen LogP contribution in [0.15, 0.2) is 10.6 Å². The van der Waals surface area contributed by atoms with E-state index in [4.69, 9.17) is 4.52 Å². The summed E-state index contributed by atoms with van der Waals surface area (Å²) < 4.78 is 4.96. The molecule has 8 heteroatoms. The van der Waals surface area contributed by atoms with Crippen molar-refractivity contribution in [3.63, 3.8) is 0 Å². The summed E-state index contributed by atoms with van der Waals surface area (Å²) in [5, 5.41) is 9.99. The van der Waals surface area contributed by atoms with E-state index in [0.29, 0.717) is 43.0 Å². The molecular formula is C19H29N5O3. The molecule has 3 fully saturated rings. The fourth-order valence-electron chi connectivity index (χ4n) is 4.90. The van der Waals surface area contributed by atoms with Gasteiger partial charge in [-0.05, 0) is 32.2 Å². The fourth-order valence-corrected chi connectivity index (χ4v) is 4.90. The van der Waals surface area contributed by atoms with E-state index in [2.05, 4.69) is 20.7 Å². The molecule has 1 saturated carbocycles. The number of aryl methyl sites for hydroxylation is 1. The van der Waals surface area contributed by atoms with Crippen LogP contribution in [-0.4, -0.2) is 72.6 Å². The van der Waals surface area contributed by atoms with Crippen molar-refractivity contribution in [3.8, 4) is 0 Å². The highest BCUT2D eigenvalue weighted by Gasteiger charge is 2.51. The Labute approximate surface area is 159 Å². The van der Waals surface area contributed by atoms with Crippen LogP contribution in [0.4, 0.5) is 5.82 Å². The number of nitrogens with zero attached hydrogens (tertiary/aromatic N) is 3. The molecule has 4 rings (SSSR count). The Kier molecular flexibility index (Phi) is 5.19. The molecule has 2 atom stereocenters. The molecule has 1 aliphatic carbocycles. The number of fused-ring (bicyclic) bond motifs is 1. The number of carbonyl (C=O) groups excluding carboxylic acids is 2. The molecule has 148 valence electrons. The highest BCUT2D eigenvalue weighted by atomic mass is 16.5.